The summed E-state index contributed by atoms with van der Waals surface area (Å²) in [4.78, 5) is 75.2. The molecule has 1 fully saturated rings. The SMILES string of the molecule is COC(=O)C(C(=O)OC)N1[C@@H](c2ccc([N+](=O)[O-])cc2)NC(C(=O)OC)(C(=O)OC)[C@H]1c1ccc([N+](=O)[O-])cc1. The van der Waals surface area contributed by atoms with Crippen molar-refractivity contribution in [1.29, 1.82) is 0 Å². The molecule has 0 bridgehead atoms. The van der Waals surface area contributed by atoms with Crippen LogP contribution in [0.2, 0.25) is 0 Å². The fraction of sp³-hybridized carbons (Fsp3) is 0.333. The molecule has 1 aliphatic heterocycles. The van der Waals surface area contributed by atoms with Crippen LogP contribution in [0.3, 0.4) is 0 Å². The molecule has 0 spiro atoms. The number of esters is 4. The van der Waals surface area contributed by atoms with Crippen LogP contribution < -0.4 is 5.32 Å². The molecule has 1 heterocycles. The molecule has 1 N–H and O–H groups in total. The number of methoxy groups -OCH3 is 4. The van der Waals surface area contributed by atoms with Crippen LogP contribution in [0.4, 0.5) is 11.4 Å². The zero-order valence-corrected chi connectivity index (χ0v) is 21.6. The Morgan fingerprint density at radius 2 is 1.15 bits per heavy atom. The summed E-state index contributed by atoms with van der Waals surface area (Å²) in [6, 6.07) is 5.96. The summed E-state index contributed by atoms with van der Waals surface area (Å²) in [7, 11) is 3.97. The minimum absolute atomic E-state index is 0.0520. The molecule has 0 aromatic heterocycles. The third-order valence-electron chi connectivity index (χ3n) is 6.37. The second kappa shape index (κ2) is 11.8. The van der Waals surface area contributed by atoms with E-state index in [4.69, 9.17) is 18.9 Å². The van der Waals surface area contributed by atoms with Crippen molar-refractivity contribution in [2.24, 2.45) is 0 Å². The zero-order chi connectivity index (χ0) is 29.8. The maximum absolute atomic E-state index is 13.4. The molecule has 0 aliphatic carbocycles. The zero-order valence-electron chi connectivity index (χ0n) is 21.6. The standard InChI is InChI=1S/C24H24N4O12/c1-37-20(29)17(21(30)38-2)26-18(13-5-9-15(10-6-13)27(33)34)24(22(31)39-3,23(32)40-4)25-19(26)14-7-11-16(12-8-14)28(35)36/h5-12,17-19,25H,1-4H3/t18-,19+/m1/s1. The first-order valence-corrected chi connectivity index (χ1v) is 11.3. The third-order valence-corrected chi connectivity index (χ3v) is 6.37. The monoisotopic (exact) mass is 560 g/mol. The highest BCUT2D eigenvalue weighted by atomic mass is 16.6. The molecule has 1 aliphatic rings. The molecule has 0 saturated carbocycles. The number of nitrogens with one attached hydrogen (secondary N) is 1. The molecular weight excluding hydrogens is 536 g/mol. The molecular formula is C24H24N4O12. The highest BCUT2D eigenvalue weighted by Gasteiger charge is 2.67. The average molecular weight is 560 g/mol. The van der Waals surface area contributed by atoms with E-state index < -0.39 is 57.5 Å². The number of hydrogen-bond donors (Lipinski definition) is 1. The number of nitrogens with zero attached hydrogens (tertiary/aromatic N) is 3. The molecule has 0 unspecified atom stereocenters. The lowest BCUT2D eigenvalue weighted by atomic mass is 9.85. The van der Waals surface area contributed by atoms with Gasteiger partial charge in [0.05, 0.1) is 50.5 Å². The van der Waals surface area contributed by atoms with E-state index in [9.17, 15) is 39.4 Å². The van der Waals surface area contributed by atoms with Crippen LogP contribution in [0.1, 0.15) is 23.3 Å². The summed E-state index contributed by atoms with van der Waals surface area (Å²) < 4.78 is 19.6. The molecule has 16 heteroatoms. The lowest BCUT2D eigenvalue weighted by Gasteiger charge is -2.36. The molecule has 2 atom stereocenters. The van der Waals surface area contributed by atoms with E-state index in [1.807, 2.05) is 0 Å². The molecule has 212 valence electrons. The Bertz CT molecular complexity index is 1300. The fourth-order valence-corrected chi connectivity index (χ4v) is 4.58. The lowest BCUT2D eigenvalue weighted by Crippen LogP contribution is -2.60. The molecule has 1 saturated heterocycles. The minimum Gasteiger partial charge on any atom is -0.467 e. The van der Waals surface area contributed by atoms with Crippen LogP contribution in [0.15, 0.2) is 48.5 Å². The second-order valence-corrected chi connectivity index (χ2v) is 8.33. The quantitative estimate of drug-likeness (QED) is 0.149. The summed E-state index contributed by atoms with van der Waals surface area (Å²) in [6.07, 6.45) is -1.37. The van der Waals surface area contributed by atoms with Crippen molar-refractivity contribution in [2.45, 2.75) is 23.8 Å². The molecule has 0 amide bonds. The first-order valence-electron chi connectivity index (χ1n) is 11.3. The molecule has 40 heavy (non-hydrogen) atoms. The maximum Gasteiger partial charge on any atom is 0.339 e. The van der Waals surface area contributed by atoms with Crippen molar-refractivity contribution < 1.29 is 48.0 Å². The van der Waals surface area contributed by atoms with E-state index in [0.29, 0.717) is 0 Å². The van der Waals surface area contributed by atoms with Crippen LogP contribution in [-0.4, -0.2) is 78.6 Å². The first-order chi connectivity index (χ1) is 19.0. The van der Waals surface area contributed by atoms with Crippen molar-refractivity contribution in [3.05, 3.63) is 79.9 Å². The number of carbonyl (C=O) groups excluding carboxylic acids is 4. The van der Waals surface area contributed by atoms with Gasteiger partial charge in [0.15, 0.2) is 0 Å². The van der Waals surface area contributed by atoms with Crippen molar-refractivity contribution >= 4 is 35.3 Å². The van der Waals surface area contributed by atoms with Crippen molar-refractivity contribution in [2.75, 3.05) is 28.4 Å². The van der Waals surface area contributed by atoms with Crippen LogP contribution in [0.5, 0.6) is 0 Å². The predicted octanol–water partition coefficient (Wildman–Crippen LogP) is 0.948. The highest BCUT2D eigenvalue weighted by molar-refractivity contribution is 6.07. The lowest BCUT2D eigenvalue weighted by molar-refractivity contribution is -0.385. The number of hydrogen-bond acceptors (Lipinski definition) is 14. The average Bonchev–Trinajstić information content (AvgIpc) is 3.32. The van der Waals surface area contributed by atoms with E-state index in [1.165, 1.54) is 24.3 Å². The van der Waals surface area contributed by atoms with Crippen LogP contribution in [0.25, 0.3) is 0 Å². The Balaban J connectivity index is 2.42. The first kappa shape index (κ1) is 29.6. The summed E-state index contributed by atoms with van der Waals surface area (Å²) in [5.41, 5.74) is -2.86. The van der Waals surface area contributed by atoms with Crippen LogP contribution in [-0.2, 0) is 38.1 Å². The largest absolute Gasteiger partial charge is 0.467 e. The van der Waals surface area contributed by atoms with E-state index in [1.54, 1.807) is 0 Å². The number of nitro groups is 2. The maximum atomic E-state index is 13.4. The Labute approximate surface area is 226 Å². The van der Waals surface area contributed by atoms with Gasteiger partial charge in [-0.05, 0) is 23.3 Å². The fourth-order valence-electron chi connectivity index (χ4n) is 4.58. The van der Waals surface area contributed by atoms with E-state index in [-0.39, 0.29) is 22.5 Å². The van der Waals surface area contributed by atoms with Gasteiger partial charge in [-0.2, -0.15) is 0 Å². The smallest absolute Gasteiger partial charge is 0.339 e. The van der Waals surface area contributed by atoms with Gasteiger partial charge >= 0.3 is 23.9 Å². The van der Waals surface area contributed by atoms with Crippen molar-refractivity contribution in [1.82, 2.24) is 10.2 Å². The Morgan fingerprint density at radius 3 is 1.50 bits per heavy atom. The Morgan fingerprint density at radius 1 is 0.750 bits per heavy atom. The third kappa shape index (κ3) is 5.04. The predicted molar refractivity (Wildman–Crippen MR) is 131 cm³/mol. The van der Waals surface area contributed by atoms with Gasteiger partial charge in [0.25, 0.3) is 11.4 Å². The molecule has 16 nitrogen and oxygen atoms in total. The molecule has 2 aromatic carbocycles. The van der Waals surface area contributed by atoms with Gasteiger partial charge in [-0.1, -0.05) is 12.1 Å². The normalized spacial score (nSPS) is 18.0. The van der Waals surface area contributed by atoms with Crippen LogP contribution >= 0.6 is 0 Å². The van der Waals surface area contributed by atoms with Gasteiger partial charge in [0.2, 0.25) is 11.6 Å². The van der Waals surface area contributed by atoms with Gasteiger partial charge in [-0.3, -0.25) is 30.4 Å². The van der Waals surface area contributed by atoms with E-state index in [0.717, 1.165) is 57.6 Å². The minimum atomic E-state index is -2.47. The topological polar surface area (TPSA) is 207 Å². The van der Waals surface area contributed by atoms with Gasteiger partial charge < -0.3 is 18.9 Å². The van der Waals surface area contributed by atoms with Crippen molar-refractivity contribution in [3.8, 4) is 0 Å². The van der Waals surface area contributed by atoms with Gasteiger partial charge in [-0.25, -0.2) is 19.2 Å². The number of ether oxygens (including phenoxy) is 4. The second-order valence-electron chi connectivity index (χ2n) is 8.33. The Hall–Kier alpha value is -4.96. The summed E-state index contributed by atoms with van der Waals surface area (Å²) in [6.45, 7) is 0. The number of benzene rings is 2. The molecule has 0 radical (unpaired) electrons. The number of non-ortho nitro benzene ring substituents is 2. The van der Waals surface area contributed by atoms with Gasteiger partial charge in [0, 0.05) is 24.3 Å². The number of carbonyl (C=O) groups is 4. The van der Waals surface area contributed by atoms with Crippen molar-refractivity contribution in [3.63, 3.8) is 0 Å². The molecule has 3 rings (SSSR count). The summed E-state index contributed by atoms with van der Waals surface area (Å²) in [5, 5.41) is 25.3. The number of rotatable bonds is 9. The van der Waals surface area contributed by atoms with Gasteiger partial charge in [0.1, 0.15) is 0 Å². The molecule has 2 aromatic rings. The summed E-state index contributed by atoms with van der Waals surface area (Å²) in [5.74, 6) is -4.66. The van der Waals surface area contributed by atoms with Crippen LogP contribution in [0, 0.1) is 20.2 Å². The van der Waals surface area contributed by atoms with E-state index >= 15 is 0 Å². The summed E-state index contributed by atoms with van der Waals surface area (Å²) >= 11 is 0. The van der Waals surface area contributed by atoms with E-state index in [2.05, 4.69) is 5.32 Å². The Kier molecular flexibility index (Phi) is 8.75. The number of nitro benzene ring substituents is 2. The van der Waals surface area contributed by atoms with Gasteiger partial charge in [-0.15, -0.1) is 0 Å². The highest BCUT2D eigenvalue weighted by Crippen LogP contribution is 2.48.